The molecule has 0 spiro atoms. The quantitative estimate of drug-likeness (QED) is 0.240. The molecule has 0 saturated carbocycles. The fourth-order valence-electron chi connectivity index (χ4n) is 4.69. The first-order chi connectivity index (χ1) is 15.2. The van der Waals surface area contributed by atoms with Crippen molar-refractivity contribution in [2.75, 3.05) is 0 Å². The molecule has 0 unspecified atom stereocenters. The Hall–Kier alpha value is -1.52. The van der Waals surface area contributed by atoms with Gasteiger partial charge < -0.3 is 0 Å². The lowest BCUT2D eigenvalue weighted by Gasteiger charge is -2.38. The van der Waals surface area contributed by atoms with E-state index < -0.39 is 8.07 Å². The van der Waals surface area contributed by atoms with Gasteiger partial charge in [0.2, 0.25) is 0 Å². The SMILES string of the molecule is CC(C)[Si](C#CCCc1ccccc1C#Cc1ccccc1C=C(Br)Br)(C(C)C)C(C)C. The molecular weight excluding hydrogens is 536 g/mol. The minimum absolute atomic E-state index is 0.668. The maximum atomic E-state index is 3.84. The first-order valence-electron chi connectivity index (χ1n) is 11.4. The molecule has 0 aliphatic carbocycles. The molecule has 0 aliphatic heterocycles. The molecule has 0 saturated heterocycles. The summed E-state index contributed by atoms with van der Waals surface area (Å²) in [7, 11) is -1.66. The number of hydrogen-bond acceptors (Lipinski definition) is 0. The number of aryl methyl sites for hydroxylation is 1. The number of benzene rings is 2. The third-order valence-electron chi connectivity index (χ3n) is 6.26. The van der Waals surface area contributed by atoms with Gasteiger partial charge in [-0.2, -0.15) is 0 Å². The van der Waals surface area contributed by atoms with Crippen molar-refractivity contribution in [3.63, 3.8) is 0 Å². The summed E-state index contributed by atoms with van der Waals surface area (Å²) < 4.78 is 0.905. The van der Waals surface area contributed by atoms with E-state index in [1.807, 2.05) is 18.2 Å². The Kier molecular flexibility index (Phi) is 10.6. The van der Waals surface area contributed by atoms with E-state index in [2.05, 4.69) is 133 Å². The van der Waals surface area contributed by atoms with Crippen molar-refractivity contribution in [3.05, 3.63) is 74.2 Å². The fourth-order valence-corrected chi connectivity index (χ4v) is 10.5. The summed E-state index contributed by atoms with van der Waals surface area (Å²) in [6.45, 7) is 14.2. The zero-order chi connectivity index (χ0) is 23.7. The molecule has 0 radical (unpaired) electrons. The largest absolute Gasteiger partial charge is 0.145 e. The maximum Gasteiger partial charge on any atom is 0.145 e. The van der Waals surface area contributed by atoms with Crippen LogP contribution in [-0.4, -0.2) is 8.07 Å². The summed E-state index contributed by atoms with van der Waals surface area (Å²) in [4.78, 5) is 0. The molecule has 32 heavy (non-hydrogen) atoms. The minimum Gasteiger partial charge on any atom is -0.130 e. The third-order valence-corrected chi connectivity index (χ3v) is 13.1. The fraction of sp³-hybridized carbons (Fsp3) is 0.379. The van der Waals surface area contributed by atoms with Crippen LogP contribution < -0.4 is 0 Å². The van der Waals surface area contributed by atoms with Gasteiger partial charge in [0.05, 0.1) is 3.39 Å². The summed E-state index contributed by atoms with van der Waals surface area (Å²) in [5.41, 5.74) is 10.3. The monoisotopic (exact) mass is 568 g/mol. The second-order valence-electron chi connectivity index (χ2n) is 9.13. The van der Waals surface area contributed by atoms with E-state index in [0.29, 0.717) is 16.6 Å². The molecule has 0 atom stereocenters. The van der Waals surface area contributed by atoms with Gasteiger partial charge in [-0.3, -0.25) is 0 Å². The molecular formula is C29H34Br2Si. The Bertz CT molecular complexity index is 1030. The van der Waals surface area contributed by atoms with Crippen LogP contribution in [-0.2, 0) is 6.42 Å². The minimum atomic E-state index is -1.66. The summed E-state index contributed by atoms with van der Waals surface area (Å²) in [5, 5.41) is 0. The zero-order valence-corrected chi connectivity index (χ0v) is 24.3. The predicted octanol–water partition coefficient (Wildman–Crippen LogP) is 9.33. The van der Waals surface area contributed by atoms with Crippen molar-refractivity contribution in [2.45, 2.75) is 71.0 Å². The van der Waals surface area contributed by atoms with E-state index in [-0.39, 0.29) is 0 Å². The summed E-state index contributed by atoms with van der Waals surface area (Å²) in [5.74, 6) is 10.4. The van der Waals surface area contributed by atoms with Crippen LogP contribution in [0.3, 0.4) is 0 Å². The summed E-state index contributed by atoms with van der Waals surface area (Å²) in [6, 6.07) is 16.7. The Morgan fingerprint density at radius 3 is 1.94 bits per heavy atom. The molecule has 3 heteroatoms. The predicted molar refractivity (Wildman–Crippen MR) is 152 cm³/mol. The van der Waals surface area contributed by atoms with E-state index in [9.17, 15) is 0 Å². The van der Waals surface area contributed by atoms with E-state index in [1.54, 1.807) is 0 Å². The van der Waals surface area contributed by atoms with Gasteiger partial charge in [0, 0.05) is 17.5 Å². The van der Waals surface area contributed by atoms with Crippen molar-refractivity contribution in [3.8, 4) is 23.3 Å². The lowest BCUT2D eigenvalue weighted by atomic mass is 10.0. The second kappa shape index (κ2) is 12.6. The molecule has 2 aromatic carbocycles. The third kappa shape index (κ3) is 6.99. The molecule has 168 valence electrons. The molecule has 0 heterocycles. The standard InChI is InChI=1S/C29H34Br2Si/c1-22(2)32(23(3)4,24(5)6)20-12-11-16-25-13-7-8-14-26(25)18-19-27-15-9-10-17-28(27)21-29(30)31/h7-10,13-15,17,21-24H,11,16H2,1-6H3. The van der Waals surface area contributed by atoms with Gasteiger partial charge in [-0.25, -0.2) is 0 Å². The zero-order valence-electron chi connectivity index (χ0n) is 20.1. The van der Waals surface area contributed by atoms with E-state index in [4.69, 9.17) is 0 Å². The van der Waals surface area contributed by atoms with Crippen LogP contribution >= 0.6 is 31.9 Å². The Morgan fingerprint density at radius 2 is 1.34 bits per heavy atom. The van der Waals surface area contributed by atoms with Crippen molar-refractivity contribution >= 4 is 46.0 Å². The van der Waals surface area contributed by atoms with Crippen LogP contribution in [0, 0.1) is 23.3 Å². The maximum absolute atomic E-state index is 3.84. The molecule has 0 amide bonds. The molecule has 0 aliphatic rings. The van der Waals surface area contributed by atoms with E-state index >= 15 is 0 Å². The van der Waals surface area contributed by atoms with Crippen molar-refractivity contribution in [2.24, 2.45) is 0 Å². The first kappa shape index (κ1) is 26.7. The van der Waals surface area contributed by atoms with Crippen LogP contribution in [0.25, 0.3) is 6.08 Å². The van der Waals surface area contributed by atoms with Crippen LogP contribution in [0.5, 0.6) is 0 Å². The van der Waals surface area contributed by atoms with Gasteiger partial charge in [0.25, 0.3) is 0 Å². The van der Waals surface area contributed by atoms with Crippen molar-refractivity contribution < 1.29 is 0 Å². The Labute approximate surface area is 213 Å². The average molecular weight is 570 g/mol. The number of rotatable bonds is 6. The Balaban J connectivity index is 2.26. The highest BCUT2D eigenvalue weighted by Crippen LogP contribution is 2.40. The van der Waals surface area contributed by atoms with Gasteiger partial charge in [-0.05, 0) is 84.2 Å². The highest BCUT2D eigenvalue weighted by Gasteiger charge is 2.41. The summed E-state index contributed by atoms with van der Waals surface area (Å²) in [6.07, 6.45) is 3.85. The van der Waals surface area contributed by atoms with Gasteiger partial charge >= 0.3 is 0 Å². The Morgan fingerprint density at radius 1 is 0.812 bits per heavy atom. The van der Waals surface area contributed by atoms with Crippen molar-refractivity contribution in [1.29, 1.82) is 0 Å². The van der Waals surface area contributed by atoms with Gasteiger partial charge in [0.15, 0.2) is 0 Å². The van der Waals surface area contributed by atoms with Crippen LogP contribution in [0.15, 0.2) is 51.9 Å². The second-order valence-corrected chi connectivity index (χ2v) is 17.5. The van der Waals surface area contributed by atoms with Gasteiger partial charge in [0.1, 0.15) is 8.07 Å². The molecule has 0 N–H and O–H groups in total. The molecule has 0 fully saturated rings. The average Bonchev–Trinajstić information content (AvgIpc) is 2.72. The molecule has 0 aromatic heterocycles. The number of halogens is 2. The van der Waals surface area contributed by atoms with Crippen LogP contribution in [0.1, 0.15) is 70.2 Å². The van der Waals surface area contributed by atoms with Crippen LogP contribution in [0.4, 0.5) is 0 Å². The topological polar surface area (TPSA) is 0 Å². The lowest BCUT2D eigenvalue weighted by molar-refractivity contribution is 0.838. The highest BCUT2D eigenvalue weighted by atomic mass is 79.9. The normalized spacial score (nSPS) is 11.1. The van der Waals surface area contributed by atoms with E-state index in [1.165, 1.54) is 5.56 Å². The molecule has 2 rings (SSSR count). The smallest absolute Gasteiger partial charge is 0.130 e. The highest BCUT2D eigenvalue weighted by molar-refractivity contribution is 9.28. The van der Waals surface area contributed by atoms with Crippen molar-refractivity contribution in [1.82, 2.24) is 0 Å². The molecule has 0 nitrogen and oxygen atoms in total. The van der Waals surface area contributed by atoms with Gasteiger partial charge in [-0.15, -0.1) is 11.5 Å². The van der Waals surface area contributed by atoms with Crippen LogP contribution in [0.2, 0.25) is 16.6 Å². The molecule has 2 aromatic rings. The first-order valence-corrected chi connectivity index (χ1v) is 15.2. The summed E-state index contributed by atoms with van der Waals surface area (Å²) >= 11 is 6.90. The van der Waals surface area contributed by atoms with E-state index in [0.717, 1.165) is 32.9 Å². The molecule has 0 bridgehead atoms. The number of hydrogen-bond donors (Lipinski definition) is 0. The lowest BCUT2D eigenvalue weighted by Crippen LogP contribution is -2.43. The van der Waals surface area contributed by atoms with Gasteiger partial charge in [-0.1, -0.05) is 89.8 Å².